The van der Waals surface area contributed by atoms with Gasteiger partial charge in [-0.3, -0.25) is 4.90 Å². The van der Waals surface area contributed by atoms with Crippen LogP contribution < -0.4 is 15.5 Å². The van der Waals surface area contributed by atoms with Crippen molar-refractivity contribution in [3.63, 3.8) is 0 Å². The molecule has 2 aromatic rings. The molecule has 2 heterocycles. The second-order valence-electron chi connectivity index (χ2n) is 7.90. The van der Waals surface area contributed by atoms with Crippen LogP contribution in [0.25, 0.3) is 0 Å². The lowest BCUT2D eigenvalue weighted by Crippen LogP contribution is -2.42. The molecule has 1 saturated heterocycles. The Labute approximate surface area is 206 Å². The van der Waals surface area contributed by atoms with Crippen LogP contribution in [0.3, 0.4) is 0 Å². The van der Waals surface area contributed by atoms with E-state index in [9.17, 15) is 4.39 Å². The second kappa shape index (κ2) is 13.2. The first-order valence-electron chi connectivity index (χ1n) is 10.6. The maximum absolute atomic E-state index is 13.9. The van der Waals surface area contributed by atoms with Crippen molar-refractivity contribution in [2.75, 3.05) is 45.2 Å². The summed E-state index contributed by atoms with van der Waals surface area (Å²) in [6, 6.07) is 7.08. The molecule has 2 N–H and O–H groups in total. The first-order chi connectivity index (χ1) is 14.5. The lowest BCUT2D eigenvalue weighted by Gasteiger charge is -2.32. The molecule has 0 atom stereocenters. The van der Waals surface area contributed by atoms with Gasteiger partial charge in [-0.2, -0.15) is 0 Å². The number of thiazole rings is 1. The highest BCUT2D eigenvalue weighted by Crippen LogP contribution is 2.20. The Morgan fingerprint density at radius 1 is 1.26 bits per heavy atom. The van der Waals surface area contributed by atoms with E-state index in [4.69, 9.17) is 0 Å². The van der Waals surface area contributed by atoms with Crippen LogP contribution in [0.1, 0.15) is 31.0 Å². The third kappa shape index (κ3) is 8.19. The van der Waals surface area contributed by atoms with Gasteiger partial charge in [0.2, 0.25) is 0 Å². The Morgan fingerprint density at radius 2 is 2.00 bits per heavy atom. The van der Waals surface area contributed by atoms with Crippen molar-refractivity contribution in [3.05, 3.63) is 46.7 Å². The van der Waals surface area contributed by atoms with E-state index in [1.54, 1.807) is 23.5 Å². The van der Waals surface area contributed by atoms with Gasteiger partial charge in [-0.05, 0) is 44.8 Å². The molecule has 1 aromatic heterocycles. The predicted octanol–water partition coefficient (Wildman–Crippen LogP) is 3.93. The maximum atomic E-state index is 13.9. The Bertz CT molecular complexity index is 820. The molecule has 0 amide bonds. The average molecular weight is 561 g/mol. The summed E-state index contributed by atoms with van der Waals surface area (Å²) >= 11 is 1.64. The van der Waals surface area contributed by atoms with Gasteiger partial charge < -0.3 is 15.5 Å². The van der Waals surface area contributed by atoms with Crippen LogP contribution >= 0.6 is 35.3 Å². The number of nitrogens with zero attached hydrogens (tertiary/aromatic N) is 4. The summed E-state index contributed by atoms with van der Waals surface area (Å²) in [6.45, 7) is 7.07. The summed E-state index contributed by atoms with van der Waals surface area (Å²) in [5.41, 5.74) is 1.78. The molecule has 0 aliphatic carbocycles. The number of hydrogen-bond acceptors (Lipinski definition) is 5. The van der Waals surface area contributed by atoms with Crippen molar-refractivity contribution >= 4 is 46.4 Å². The molecular formula is C22H34FIN6S. The van der Waals surface area contributed by atoms with Crippen LogP contribution in [0.4, 0.5) is 9.52 Å². The average Bonchev–Trinajstić information content (AvgIpc) is 3.22. The number of anilines is 1. The number of piperidine rings is 1. The van der Waals surface area contributed by atoms with E-state index >= 15 is 0 Å². The van der Waals surface area contributed by atoms with E-state index in [2.05, 4.69) is 37.8 Å². The first kappa shape index (κ1) is 25.8. The molecule has 9 heteroatoms. The monoisotopic (exact) mass is 560 g/mol. The quantitative estimate of drug-likeness (QED) is 0.291. The zero-order chi connectivity index (χ0) is 21.3. The summed E-state index contributed by atoms with van der Waals surface area (Å²) < 4.78 is 13.9. The largest absolute Gasteiger partial charge is 0.357 e. The van der Waals surface area contributed by atoms with E-state index in [-0.39, 0.29) is 29.8 Å². The highest BCUT2D eigenvalue weighted by molar-refractivity contribution is 14.0. The SMILES string of the molecule is CCNC(=NCc1csc(N(C)C)n1)NCC1CCN(Cc2ccccc2F)CC1.I. The molecule has 0 spiro atoms. The van der Waals surface area contributed by atoms with Gasteiger partial charge >= 0.3 is 0 Å². The minimum absolute atomic E-state index is 0. The minimum atomic E-state index is -0.106. The van der Waals surface area contributed by atoms with Gasteiger partial charge in [0.05, 0.1) is 12.2 Å². The molecule has 6 nitrogen and oxygen atoms in total. The molecule has 0 bridgehead atoms. The number of aromatic nitrogens is 1. The van der Waals surface area contributed by atoms with Crippen LogP contribution in [0.5, 0.6) is 0 Å². The fourth-order valence-electron chi connectivity index (χ4n) is 3.53. The maximum Gasteiger partial charge on any atom is 0.191 e. The van der Waals surface area contributed by atoms with Crippen LogP contribution in [0, 0.1) is 11.7 Å². The molecule has 3 rings (SSSR count). The fourth-order valence-corrected chi connectivity index (χ4v) is 4.28. The molecule has 0 saturated carbocycles. The normalized spacial score (nSPS) is 15.4. The van der Waals surface area contributed by atoms with Gasteiger partial charge in [0.25, 0.3) is 0 Å². The highest BCUT2D eigenvalue weighted by atomic mass is 127. The van der Waals surface area contributed by atoms with Crippen molar-refractivity contribution in [1.82, 2.24) is 20.5 Å². The van der Waals surface area contributed by atoms with Gasteiger partial charge in [-0.25, -0.2) is 14.4 Å². The number of hydrogen-bond donors (Lipinski definition) is 2. The number of rotatable bonds is 8. The lowest BCUT2D eigenvalue weighted by molar-refractivity contribution is 0.176. The number of nitrogens with one attached hydrogen (secondary N) is 2. The van der Waals surface area contributed by atoms with Crippen molar-refractivity contribution in [2.45, 2.75) is 32.9 Å². The third-order valence-corrected chi connectivity index (χ3v) is 6.34. The Balaban J connectivity index is 0.00000341. The van der Waals surface area contributed by atoms with E-state index < -0.39 is 0 Å². The molecular weight excluding hydrogens is 526 g/mol. The van der Waals surface area contributed by atoms with Crippen LogP contribution in [0.2, 0.25) is 0 Å². The summed E-state index contributed by atoms with van der Waals surface area (Å²) in [4.78, 5) is 13.6. The van der Waals surface area contributed by atoms with Gasteiger partial charge in [0.1, 0.15) is 5.82 Å². The first-order valence-corrected chi connectivity index (χ1v) is 11.5. The van der Waals surface area contributed by atoms with Crippen molar-refractivity contribution in [3.8, 4) is 0 Å². The van der Waals surface area contributed by atoms with E-state index in [0.717, 1.165) is 61.4 Å². The number of guanidine groups is 1. The van der Waals surface area contributed by atoms with Crippen LogP contribution in [-0.2, 0) is 13.1 Å². The molecule has 1 aliphatic heterocycles. The van der Waals surface area contributed by atoms with Crippen molar-refractivity contribution < 1.29 is 4.39 Å². The zero-order valence-corrected chi connectivity index (χ0v) is 21.8. The molecule has 1 fully saturated rings. The summed E-state index contributed by atoms with van der Waals surface area (Å²) in [6.07, 6.45) is 2.22. The van der Waals surface area contributed by atoms with E-state index in [0.29, 0.717) is 19.0 Å². The lowest BCUT2D eigenvalue weighted by atomic mass is 9.96. The number of likely N-dealkylation sites (tertiary alicyclic amines) is 1. The second-order valence-corrected chi connectivity index (χ2v) is 8.74. The molecule has 0 unspecified atom stereocenters. The van der Waals surface area contributed by atoms with E-state index in [1.807, 2.05) is 31.1 Å². The summed E-state index contributed by atoms with van der Waals surface area (Å²) in [5.74, 6) is 1.33. The molecule has 0 radical (unpaired) electrons. The van der Waals surface area contributed by atoms with Gasteiger partial charge in [-0.15, -0.1) is 35.3 Å². The Hall–Kier alpha value is -1.46. The molecule has 31 heavy (non-hydrogen) atoms. The number of benzene rings is 1. The minimum Gasteiger partial charge on any atom is -0.357 e. The van der Waals surface area contributed by atoms with Crippen LogP contribution in [0.15, 0.2) is 34.6 Å². The van der Waals surface area contributed by atoms with Gasteiger partial charge in [-0.1, -0.05) is 18.2 Å². The number of halogens is 2. The fraction of sp³-hybridized carbons (Fsp3) is 0.545. The highest BCUT2D eigenvalue weighted by Gasteiger charge is 2.20. The van der Waals surface area contributed by atoms with Crippen molar-refractivity contribution in [2.24, 2.45) is 10.9 Å². The summed E-state index contributed by atoms with van der Waals surface area (Å²) in [5, 5.41) is 9.87. The molecule has 1 aliphatic rings. The molecule has 1 aromatic carbocycles. The van der Waals surface area contributed by atoms with Crippen LogP contribution in [-0.4, -0.2) is 56.1 Å². The summed E-state index contributed by atoms with van der Waals surface area (Å²) in [7, 11) is 4.00. The Kier molecular flexibility index (Phi) is 11.0. The zero-order valence-electron chi connectivity index (χ0n) is 18.6. The van der Waals surface area contributed by atoms with E-state index in [1.165, 1.54) is 0 Å². The topological polar surface area (TPSA) is 55.8 Å². The third-order valence-electron chi connectivity index (χ3n) is 5.28. The van der Waals surface area contributed by atoms with Gasteiger partial charge in [0, 0.05) is 44.7 Å². The smallest absolute Gasteiger partial charge is 0.191 e. The van der Waals surface area contributed by atoms with Gasteiger partial charge in [0.15, 0.2) is 11.1 Å². The number of aliphatic imine (C=N–C) groups is 1. The van der Waals surface area contributed by atoms with Crippen molar-refractivity contribution in [1.29, 1.82) is 0 Å². The standard InChI is InChI=1S/C22H33FN6S.HI/c1-4-24-21(26-14-19-16-30-22(27-19)28(2)3)25-13-17-9-11-29(12-10-17)15-18-7-5-6-8-20(18)23;/h5-8,16-17H,4,9-15H2,1-3H3,(H2,24,25,26);1H. The molecule has 172 valence electrons. The Morgan fingerprint density at radius 3 is 2.65 bits per heavy atom. The predicted molar refractivity (Wildman–Crippen MR) is 139 cm³/mol.